The quantitative estimate of drug-likeness (QED) is 0.267. The van der Waals surface area contributed by atoms with E-state index >= 15 is 0 Å². The smallest absolute Gasteiger partial charge is 0.251 e. The van der Waals surface area contributed by atoms with Crippen LogP contribution in [0.2, 0.25) is 10.0 Å². The zero-order valence-electron chi connectivity index (χ0n) is 17.3. The molecule has 9 heteroatoms. The van der Waals surface area contributed by atoms with Crippen LogP contribution in [-0.4, -0.2) is 34.3 Å². The number of aliphatic imine (C=N–C) groups is 1. The van der Waals surface area contributed by atoms with Crippen molar-refractivity contribution in [2.45, 2.75) is 0 Å². The van der Waals surface area contributed by atoms with E-state index in [2.05, 4.69) is 31.0 Å². The van der Waals surface area contributed by atoms with Crippen LogP contribution in [0.25, 0.3) is 11.3 Å². The van der Waals surface area contributed by atoms with E-state index in [1.807, 2.05) is 24.3 Å². The van der Waals surface area contributed by atoms with Crippen LogP contribution in [0.5, 0.6) is 11.5 Å². The Hall–Kier alpha value is -3.13. The van der Waals surface area contributed by atoms with Crippen molar-refractivity contribution in [3.8, 4) is 22.8 Å². The summed E-state index contributed by atoms with van der Waals surface area (Å²) in [4.78, 5) is 9.08. The van der Waals surface area contributed by atoms with Gasteiger partial charge in [0, 0.05) is 32.4 Å². The SMILES string of the molecule is COc1ccc(-c2cn(/N=C\c3ccc(Cl)cc3Cl)c(N=Cc3cc(Br)ccc3O)n2)cc1. The van der Waals surface area contributed by atoms with Crippen molar-refractivity contribution in [1.82, 2.24) is 9.66 Å². The molecule has 0 unspecified atom stereocenters. The minimum atomic E-state index is 0.104. The number of phenols is 1. The molecule has 0 aliphatic rings. The molecule has 1 heterocycles. The number of ether oxygens (including phenoxy) is 1. The van der Waals surface area contributed by atoms with Crippen LogP contribution in [0.3, 0.4) is 0 Å². The van der Waals surface area contributed by atoms with Crippen LogP contribution in [0.4, 0.5) is 5.95 Å². The molecule has 166 valence electrons. The van der Waals surface area contributed by atoms with Crippen molar-refractivity contribution in [1.29, 1.82) is 0 Å². The highest BCUT2D eigenvalue weighted by molar-refractivity contribution is 9.10. The fourth-order valence-corrected chi connectivity index (χ4v) is 3.76. The fourth-order valence-electron chi connectivity index (χ4n) is 2.92. The molecule has 0 spiro atoms. The number of nitrogens with zero attached hydrogens (tertiary/aromatic N) is 4. The average molecular weight is 544 g/mol. The van der Waals surface area contributed by atoms with E-state index in [-0.39, 0.29) is 5.75 Å². The largest absolute Gasteiger partial charge is 0.507 e. The zero-order valence-corrected chi connectivity index (χ0v) is 20.4. The van der Waals surface area contributed by atoms with Crippen LogP contribution in [0.15, 0.2) is 81.4 Å². The first-order valence-corrected chi connectivity index (χ1v) is 11.2. The molecule has 0 saturated heterocycles. The van der Waals surface area contributed by atoms with Crippen LogP contribution in [-0.2, 0) is 0 Å². The van der Waals surface area contributed by atoms with Crippen LogP contribution in [0, 0.1) is 0 Å². The first kappa shape index (κ1) is 23.0. The number of aromatic nitrogens is 2. The van der Waals surface area contributed by atoms with E-state index in [4.69, 9.17) is 27.9 Å². The van der Waals surface area contributed by atoms with Gasteiger partial charge in [-0.1, -0.05) is 45.2 Å². The first-order valence-electron chi connectivity index (χ1n) is 9.69. The number of phenolic OH excluding ortho intramolecular Hbond substituents is 1. The Labute approximate surface area is 208 Å². The number of imidazole rings is 1. The van der Waals surface area contributed by atoms with E-state index in [0.717, 1.165) is 15.8 Å². The number of rotatable bonds is 6. The molecular formula is C24H17BrCl2N4O2. The Morgan fingerprint density at radius 3 is 2.52 bits per heavy atom. The minimum Gasteiger partial charge on any atom is -0.507 e. The number of aromatic hydroxyl groups is 1. The van der Waals surface area contributed by atoms with Gasteiger partial charge in [-0.25, -0.2) is 14.7 Å². The number of benzene rings is 3. The maximum atomic E-state index is 10.1. The third kappa shape index (κ3) is 5.63. The van der Waals surface area contributed by atoms with Crippen molar-refractivity contribution in [3.63, 3.8) is 0 Å². The highest BCUT2D eigenvalue weighted by Gasteiger charge is 2.10. The lowest BCUT2D eigenvalue weighted by molar-refractivity contribution is 0.415. The van der Waals surface area contributed by atoms with Crippen molar-refractivity contribution in [2.24, 2.45) is 10.1 Å². The summed E-state index contributed by atoms with van der Waals surface area (Å²) in [5, 5.41) is 15.6. The van der Waals surface area contributed by atoms with E-state index in [9.17, 15) is 5.11 Å². The summed E-state index contributed by atoms with van der Waals surface area (Å²) in [6.07, 6.45) is 4.89. The average Bonchev–Trinajstić information content (AvgIpc) is 3.22. The Balaban J connectivity index is 1.73. The van der Waals surface area contributed by atoms with E-state index < -0.39 is 0 Å². The van der Waals surface area contributed by atoms with Gasteiger partial charge in [0.15, 0.2) is 0 Å². The molecule has 0 radical (unpaired) electrons. The lowest BCUT2D eigenvalue weighted by Gasteiger charge is -2.00. The summed E-state index contributed by atoms with van der Waals surface area (Å²) in [6, 6.07) is 17.8. The number of hydrogen-bond donors (Lipinski definition) is 1. The maximum Gasteiger partial charge on any atom is 0.251 e. The van der Waals surface area contributed by atoms with Crippen molar-refractivity contribution >= 4 is 57.5 Å². The second-order valence-electron chi connectivity index (χ2n) is 6.87. The highest BCUT2D eigenvalue weighted by Crippen LogP contribution is 2.26. The summed E-state index contributed by atoms with van der Waals surface area (Å²) in [5.41, 5.74) is 2.77. The summed E-state index contributed by atoms with van der Waals surface area (Å²) in [5.74, 6) is 1.17. The molecule has 0 bridgehead atoms. The summed E-state index contributed by atoms with van der Waals surface area (Å²) < 4.78 is 7.58. The molecule has 1 N–H and O–H groups in total. The highest BCUT2D eigenvalue weighted by atomic mass is 79.9. The normalized spacial score (nSPS) is 11.5. The summed E-state index contributed by atoms with van der Waals surface area (Å²) >= 11 is 15.6. The van der Waals surface area contributed by atoms with Gasteiger partial charge in [-0.2, -0.15) is 5.10 Å². The van der Waals surface area contributed by atoms with E-state index in [0.29, 0.717) is 32.8 Å². The lowest BCUT2D eigenvalue weighted by Crippen LogP contribution is -1.91. The van der Waals surface area contributed by atoms with Gasteiger partial charge < -0.3 is 9.84 Å². The van der Waals surface area contributed by atoms with Crippen molar-refractivity contribution < 1.29 is 9.84 Å². The fraction of sp³-hybridized carbons (Fsp3) is 0.0417. The predicted molar refractivity (Wildman–Crippen MR) is 137 cm³/mol. The zero-order chi connectivity index (χ0) is 23.4. The monoisotopic (exact) mass is 542 g/mol. The van der Waals surface area contributed by atoms with Gasteiger partial charge in [0.2, 0.25) is 0 Å². The van der Waals surface area contributed by atoms with Crippen LogP contribution in [0.1, 0.15) is 11.1 Å². The third-order valence-electron chi connectivity index (χ3n) is 4.65. The number of halogens is 3. The Morgan fingerprint density at radius 1 is 1.00 bits per heavy atom. The van der Waals surface area contributed by atoms with E-state index in [1.165, 1.54) is 10.9 Å². The Morgan fingerprint density at radius 2 is 1.79 bits per heavy atom. The van der Waals surface area contributed by atoms with Crippen molar-refractivity contribution in [3.05, 3.63) is 92.5 Å². The van der Waals surface area contributed by atoms with Gasteiger partial charge >= 0.3 is 0 Å². The molecule has 3 aromatic carbocycles. The van der Waals surface area contributed by atoms with Crippen molar-refractivity contribution in [2.75, 3.05) is 7.11 Å². The molecular weight excluding hydrogens is 527 g/mol. The van der Waals surface area contributed by atoms with Crippen LogP contribution >= 0.6 is 39.1 Å². The Kier molecular flexibility index (Phi) is 7.13. The Bertz CT molecular complexity index is 1350. The molecule has 4 rings (SSSR count). The molecule has 6 nitrogen and oxygen atoms in total. The summed E-state index contributed by atoms with van der Waals surface area (Å²) in [7, 11) is 1.62. The maximum absolute atomic E-state index is 10.1. The summed E-state index contributed by atoms with van der Waals surface area (Å²) in [6.45, 7) is 0. The standard InChI is InChI=1S/C24H17BrCl2N4O2/c1-33-20-7-3-15(4-8-20)22-14-31(29-13-16-2-6-19(26)11-21(16)27)24(30-22)28-12-17-10-18(25)5-9-23(17)32/h2-14,32H,1H3/b28-12?,29-13-. The predicted octanol–water partition coefficient (Wildman–Crippen LogP) is 6.97. The molecule has 33 heavy (non-hydrogen) atoms. The third-order valence-corrected chi connectivity index (χ3v) is 5.70. The molecule has 0 amide bonds. The molecule has 1 aromatic heterocycles. The first-order chi connectivity index (χ1) is 15.9. The van der Waals surface area contributed by atoms with Gasteiger partial charge in [0.05, 0.1) is 30.2 Å². The molecule has 4 aromatic rings. The second-order valence-corrected chi connectivity index (χ2v) is 8.63. The van der Waals surface area contributed by atoms with Gasteiger partial charge in [0.25, 0.3) is 5.95 Å². The lowest BCUT2D eigenvalue weighted by atomic mass is 10.2. The van der Waals surface area contributed by atoms with Crippen LogP contribution < -0.4 is 4.74 Å². The molecule has 0 atom stereocenters. The van der Waals surface area contributed by atoms with E-state index in [1.54, 1.807) is 55.9 Å². The number of methoxy groups -OCH3 is 1. The molecule has 0 aliphatic carbocycles. The van der Waals surface area contributed by atoms with Gasteiger partial charge in [-0.3, -0.25) is 0 Å². The topological polar surface area (TPSA) is 72.0 Å². The second kappa shape index (κ2) is 10.2. The molecule has 0 saturated carbocycles. The minimum absolute atomic E-state index is 0.104. The van der Waals surface area contributed by atoms with Gasteiger partial charge in [0.1, 0.15) is 11.5 Å². The molecule has 0 aliphatic heterocycles. The van der Waals surface area contributed by atoms with Gasteiger partial charge in [-0.15, -0.1) is 0 Å². The molecule has 0 fully saturated rings. The number of hydrogen-bond acceptors (Lipinski definition) is 5. The van der Waals surface area contributed by atoms with Gasteiger partial charge in [-0.05, 0) is 54.6 Å².